The minimum atomic E-state index is -0.680. The maximum atomic E-state index is 12.8. The number of carbonyl (C=O) groups excluding carboxylic acids is 1. The van der Waals surface area contributed by atoms with Crippen molar-refractivity contribution in [1.82, 2.24) is 4.90 Å². The minimum absolute atomic E-state index is 0.175. The van der Waals surface area contributed by atoms with E-state index < -0.39 is 16.4 Å². The van der Waals surface area contributed by atoms with Crippen molar-refractivity contribution in [2.24, 2.45) is 4.99 Å². The molecule has 1 amide bonds. The van der Waals surface area contributed by atoms with Gasteiger partial charge in [0, 0.05) is 12.6 Å². The van der Waals surface area contributed by atoms with Gasteiger partial charge in [0.25, 0.3) is 5.91 Å². The molecule has 0 aliphatic carbocycles. The summed E-state index contributed by atoms with van der Waals surface area (Å²) in [5, 5.41) is 21.4. The van der Waals surface area contributed by atoms with Crippen LogP contribution in [0.1, 0.15) is 12.5 Å². The van der Waals surface area contributed by atoms with Gasteiger partial charge in [-0.2, -0.15) is 0 Å². The highest BCUT2D eigenvalue weighted by molar-refractivity contribution is 9.10. The predicted octanol–water partition coefficient (Wildman–Crippen LogP) is 4.70. The van der Waals surface area contributed by atoms with E-state index in [0.29, 0.717) is 33.6 Å². The molecule has 0 aromatic heterocycles. The van der Waals surface area contributed by atoms with Crippen LogP contribution in [0.2, 0.25) is 0 Å². The number of amides is 1. The molecule has 10 heteroatoms. The first-order valence-electron chi connectivity index (χ1n) is 8.45. The maximum absolute atomic E-state index is 12.8. The standard InChI is InChI=1S/C19H16BrN3O5S/c1-3-22-18(25)16(10-11-8-14(20)17(24)15(9-11)23(26)27)29-19(22)21-12-4-6-13(28-2)7-5-12/h4-10,24H,3H2,1-2H3/b16-10+,21-19?. The zero-order chi connectivity index (χ0) is 21.1. The summed E-state index contributed by atoms with van der Waals surface area (Å²) in [5.41, 5.74) is 0.643. The summed E-state index contributed by atoms with van der Waals surface area (Å²) in [7, 11) is 1.58. The Morgan fingerprint density at radius 1 is 1.34 bits per heavy atom. The Balaban J connectivity index is 1.96. The summed E-state index contributed by atoms with van der Waals surface area (Å²) in [5.74, 6) is 0.00708. The van der Waals surface area contributed by atoms with E-state index in [9.17, 15) is 20.0 Å². The van der Waals surface area contributed by atoms with Crippen LogP contribution in [0.15, 0.2) is 50.8 Å². The molecule has 0 spiro atoms. The molecule has 29 heavy (non-hydrogen) atoms. The van der Waals surface area contributed by atoms with Crippen LogP contribution in [0.4, 0.5) is 11.4 Å². The molecular weight excluding hydrogens is 462 g/mol. The van der Waals surface area contributed by atoms with Gasteiger partial charge < -0.3 is 9.84 Å². The number of methoxy groups -OCH3 is 1. The molecule has 150 valence electrons. The molecule has 0 unspecified atom stereocenters. The van der Waals surface area contributed by atoms with Crippen molar-refractivity contribution in [1.29, 1.82) is 0 Å². The molecular formula is C19H16BrN3O5S. The third-order valence-corrected chi connectivity index (χ3v) is 5.67. The Hall–Kier alpha value is -2.85. The summed E-state index contributed by atoms with van der Waals surface area (Å²) in [4.78, 5) is 29.6. The van der Waals surface area contributed by atoms with Gasteiger partial charge in [-0.1, -0.05) is 0 Å². The van der Waals surface area contributed by atoms with Gasteiger partial charge in [-0.3, -0.25) is 19.8 Å². The molecule has 1 aliphatic heterocycles. The first kappa shape index (κ1) is 20.9. The molecule has 1 aliphatic rings. The lowest BCUT2D eigenvalue weighted by Crippen LogP contribution is -2.28. The Morgan fingerprint density at radius 3 is 2.62 bits per heavy atom. The third-order valence-electron chi connectivity index (χ3n) is 4.06. The number of hydrogen-bond donors (Lipinski definition) is 1. The molecule has 8 nitrogen and oxygen atoms in total. The quantitative estimate of drug-likeness (QED) is 0.380. The maximum Gasteiger partial charge on any atom is 0.312 e. The van der Waals surface area contributed by atoms with Gasteiger partial charge in [0.1, 0.15) is 5.75 Å². The van der Waals surface area contributed by atoms with Crippen molar-refractivity contribution in [3.8, 4) is 11.5 Å². The average molecular weight is 478 g/mol. The van der Waals surface area contributed by atoms with Crippen LogP contribution in [-0.2, 0) is 4.79 Å². The molecule has 1 heterocycles. The van der Waals surface area contributed by atoms with E-state index in [0.717, 1.165) is 0 Å². The summed E-state index contributed by atoms with van der Waals surface area (Å²) < 4.78 is 5.30. The number of aliphatic imine (C=N–C) groups is 1. The highest BCUT2D eigenvalue weighted by Gasteiger charge is 2.32. The van der Waals surface area contributed by atoms with Crippen molar-refractivity contribution in [2.75, 3.05) is 13.7 Å². The van der Waals surface area contributed by atoms with Gasteiger partial charge in [0.2, 0.25) is 5.75 Å². The third kappa shape index (κ3) is 4.43. The number of nitro groups is 1. The summed E-state index contributed by atoms with van der Waals surface area (Å²) in [6.07, 6.45) is 1.55. The lowest BCUT2D eigenvalue weighted by Gasteiger charge is -2.12. The van der Waals surface area contributed by atoms with Crippen molar-refractivity contribution in [3.05, 3.63) is 61.5 Å². The number of phenolic OH excluding ortho intramolecular Hbond substituents is 1. The number of halogens is 1. The summed E-state index contributed by atoms with van der Waals surface area (Å²) >= 11 is 4.29. The van der Waals surface area contributed by atoms with Crippen molar-refractivity contribution in [3.63, 3.8) is 0 Å². The van der Waals surface area contributed by atoms with Gasteiger partial charge in [-0.15, -0.1) is 0 Å². The normalized spacial score (nSPS) is 16.7. The van der Waals surface area contributed by atoms with Crippen LogP contribution in [0, 0.1) is 10.1 Å². The second kappa shape index (κ2) is 8.66. The highest BCUT2D eigenvalue weighted by Crippen LogP contribution is 2.38. The molecule has 1 saturated heterocycles. The lowest BCUT2D eigenvalue weighted by molar-refractivity contribution is -0.386. The van der Waals surface area contributed by atoms with Gasteiger partial charge in [-0.25, -0.2) is 4.99 Å². The van der Waals surface area contributed by atoms with E-state index in [-0.39, 0.29) is 10.4 Å². The largest absolute Gasteiger partial charge is 0.501 e. The zero-order valence-corrected chi connectivity index (χ0v) is 17.9. The second-order valence-electron chi connectivity index (χ2n) is 5.88. The summed E-state index contributed by atoms with van der Waals surface area (Å²) in [6.45, 7) is 2.27. The van der Waals surface area contributed by atoms with Crippen LogP contribution < -0.4 is 4.74 Å². The van der Waals surface area contributed by atoms with E-state index in [1.54, 1.807) is 37.5 Å². The molecule has 1 fully saturated rings. The smallest absolute Gasteiger partial charge is 0.312 e. The number of phenols is 1. The van der Waals surface area contributed by atoms with E-state index in [4.69, 9.17) is 4.74 Å². The van der Waals surface area contributed by atoms with Crippen LogP contribution in [0.3, 0.4) is 0 Å². The number of thioether (sulfide) groups is 1. The number of likely N-dealkylation sites (N-methyl/N-ethyl adjacent to an activating group) is 1. The minimum Gasteiger partial charge on any atom is -0.501 e. The van der Waals surface area contributed by atoms with E-state index >= 15 is 0 Å². The fourth-order valence-corrected chi connectivity index (χ4v) is 4.15. The number of ether oxygens (including phenoxy) is 1. The Bertz CT molecular complexity index is 1040. The Labute approximate surface area is 179 Å². The van der Waals surface area contributed by atoms with Gasteiger partial charge in [-0.05, 0) is 76.6 Å². The first-order chi connectivity index (χ1) is 13.8. The number of rotatable bonds is 5. The van der Waals surface area contributed by atoms with Crippen molar-refractivity contribution in [2.45, 2.75) is 6.92 Å². The Kier molecular flexibility index (Phi) is 6.23. The first-order valence-corrected chi connectivity index (χ1v) is 10.1. The van der Waals surface area contributed by atoms with Gasteiger partial charge >= 0.3 is 5.69 Å². The number of nitrogens with zero attached hydrogens (tertiary/aromatic N) is 3. The molecule has 2 aromatic carbocycles. The van der Waals surface area contributed by atoms with Crippen LogP contribution in [0.25, 0.3) is 6.08 Å². The van der Waals surface area contributed by atoms with Gasteiger partial charge in [0.05, 0.1) is 27.1 Å². The SMILES string of the molecule is CCN1C(=O)/C(=C\c2cc(Br)c(O)c([N+](=O)[O-])c2)SC1=Nc1ccc(OC)cc1. The highest BCUT2D eigenvalue weighted by atomic mass is 79.9. The topological polar surface area (TPSA) is 105 Å². The zero-order valence-electron chi connectivity index (χ0n) is 15.5. The number of aromatic hydroxyl groups is 1. The van der Waals surface area contributed by atoms with Crippen LogP contribution in [0.5, 0.6) is 11.5 Å². The number of carbonyl (C=O) groups is 1. The van der Waals surface area contributed by atoms with Crippen LogP contribution in [-0.4, -0.2) is 39.7 Å². The molecule has 3 rings (SSSR count). The van der Waals surface area contributed by atoms with E-state index in [1.807, 2.05) is 6.92 Å². The molecule has 0 bridgehead atoms. The van der Waals surface area contributed by atoms with Crippen LogP contribution >= 0.6 is 27.7 Å². The fourth-order valence-electron chi connectivity index (χ4n) is 2.62. The van der Waals surface area contributed by atoms with Gasteiger partial charge in [0.15, 0.2) is 5.17 Å². The number of nitro benzene ring substituents is 1. The number of hydrogen-bond acceptors (Lipinski definition) is 7. The second-order valence-corrected chi connectivity index (χ2v) is 7.74. The number of amidine groups is 1. The molecule has 2 aromatic rings. The van der Waals surface area contributed by atoms with Crippen molar-refractivity contribution >= 4 is 56.2 Å². The van der Waals surface area contributed by atoms with E-state index in [2.05, 4.69) is 20.9 Å². The summed E-state index contributed by atoms with van der Waals surface area (Å²) in [6, 6.07) is 9.86. The van der Waals surface area contributed by atoms with Crippen molar-refractivity contribution < 1.29 is 19.6 Å². The fraction of sp³-hybridized carbons (Fsp3) is 0.158. The molecule has 0 radical (unpaired) electrons. The predicted molar refractivity (Wildman–Crippen MR) is 116 cm³/mol. The lowest BCUT2D eigenvalue weighted by atomic mass is 10.1. The molecule has 0 atom stereocenters. The number of benzene rings is 2. The molecule has 1 N–H and O–H groups in total. The molecule has 0 saturated carbocycles. The Morgan fingerprint density at radius 2 is 2.03 bits per heavy atom. The van der Waals surface area contributed by atoms with E-state index in [1.165, 1.54) is 28.8 Å². The monoisotopic (exact) mass is 477 g/mol. The average Bonchev–Trinajstić information content (AvgIpc) is 2.99.